The molecule has 2 heterocycles. The van der Waals surface area contributed by atoms with Crippen LogP contribution in [0.1, 0.15) is 38.1 Å². The third-order valence-electron chi connectivity index (χ3n) is 4.64. The molecule has 0 N–H and O–H groups in total. The minimum atomic E-state index is 0.420. The van der Waals surface area contributed by atoms with Gasteiger partial charge in [-0.2, -0.15) is 0 Å². The average Bonchev–Trinajstić information content (AvgIpc) is 2.92. The minimum Gasteiger partial charge on any atom is -0.384 e. The lowest BCUT2D eigenvalue weighted by Gasteiger charge is -2.37. The lowest BCUT2D eigenvalue weighted by atomic mass is 9.81. The summed E-state index contributed by atoms with van der Waals surface area (Å²) in [6.45, 7) is 2.83. The maximum absolute atomic E-state index is 5.45. The normalized spacial score (nSPS) is 29.0. The SMILES string of the molecule is C#CCC1CCCN(c2nnnn2C2CC(COC)C2)C1. The summed E-state index contributed by atoms with van der Waals surface area (Å²) in [6, 6.07) is 0.420. The average molecular weight is 289 g/mol. The van der Waals surface area contributed by atoms with Crippen molar-refractivity contribution in [2.45, 2.75) is 38.1 Å². The van der Waals surface area contributed by atoms with Crippen molar-refractivity contribution < 1.29 is 4.74 Å². The molecule has 0 spiro atoms. The molecule has 1 unspecified atom stereocenters. The monoisotopic (exact) mass is 289 g/mol. The quantitative estimate of drug-likeness (QED) is 0.769. The lowest BCUT2D eigenvalue weighted by molar-refractivity contribution is 0.0728. The van der Waals surface area contributed by atoms with Gasteiger partial charge in [0.2, 0.25) is 5.95 Å². The van der Waals surface area contributed by atoms with Crippen LogP contribution in [0.5, 0.6) is 0 Å². The highest BCUT2D eigenvalue weighted by molar-refractivity contribution is 5.30. The van der Waals surface area contributed by atoms with Crippen LogP contribution in [0.25, 0.3) is 0 Å². The number of methoxy groups -OCH3 is 1. The number of ether oxygens (including phenoxy) is 1. The van der Waals surface area contributed by atoms with Gasteiger partial charge in [0.25, 0.3) is 0 Å². The zero-order valence-corrected chi connectivity index (χ0v) is 12.6. The molecule has 2 aliphatic rings. The second-order valence-electron chi connectivity index (χ2n) is 6.23. The van der Waals surface area contributed by atoms with Crippen molar-refractivity contribution in [3.05, 3.63) is 0 Å². The van der Waals surface area contributed by atoms with E-state index in [1.807, 2.05) is 4.68 Å². The Morgan fingerprint density at radius 3 is 3.00 bits per heavy atom. The smallest absolute Gasteiger partial charge is 0.245 e. The Morgan fingerprint density at radius 1 is 1.38 bits per heavy atom. The van der Waals surface area contributed by atoms with Crippen molar-refractivity contribution in [3.8, 4) is 12.3 Å². The molecule has 1 aromatic heterocycles. The second kappa shape index (κ2) is 6.44. The van der Waals surface area contributed by atoms with Crippen LogP contribution >= 0.6 is 0 Å². The second-order valence-corrected chi connectivity index (χ2v) is 6.23. The van der Waals surface area contributed by atoms with Crippen LogP contribution in [0.4, 0.5) is 5.95 Å². The molecule has 0 aromatic carbocycles. The Hall–Kier alpha value is -1.61. The molecule has 1 saturated carbocycles. The molecule has 114 valence electrons. The Labute approximate surface area is 125 Å². The standard InChI is InChI=1S/C15H23N5O/c1-3-5-12-6-4-7-19(10-12)15-16-17-18-20(15)14-8-13(9-14)11-21-2/h1,12-14H,4-11H2,2H3. The molecule has 1 aromatic rings. The molecule has 0 amide bonds. The maximum Gasteiger partial charge on any atom is 0.245 e. The molecule has 6 heteroatoms. The number of anilines is 1. The van der Waals surface area contributed by atoms with Crippen LogP contribution in [0, 0.1) is 24.2 Å². The summed E-state index contributed by atoms with van der Waals surface area (Å²) < 4.78 is 7.21. The molecular weight excluding hydrogens is 266 g/mol. The predicted octanol–water partition coefficient (Wildman–Crippen LogP) is 1.51. The van der Waals surface area contributed by atoms with Gasteiger partial charge < -0.3 is 9.64 Å². The number of hydrogen-bond acceptors (Lipinski definition) is 5. The summed E-state index contributed by atoms with van der Waals surface area (Å²) >= 11 is 0. The zero-order chi connectivity index (χ0) is 14.7. The van der Waals surface area contributed by atoms with E-state index in [9.17, 15) is 0 Å². The van der Waals surface area contributed by atoms with Crippen molar-refractivity contribution in [2.75, 3.05) is 31.7 Å². The van der Waals surface area contributed by atoms with E-state index in [1.165, 1.54) is 6.42 Å². The van der Waals surface area contributed by atoms with Gasteiger partial charge in [0.15, 0.2) is 0 Å². The topological polar surface area (TPSA) is 56.1 Å². The first-order valence-electron chi connectivity index (χ1n) is 7.77. The summed E-state index contributed by atoms with van der Waals surface area (Å²) in [6.07, 6.45) is 10.9. The van der Waals surface area contributed by atoms with Crippen LogP contribution in [0.2, 0.25) is 0 Å². The largest absolute Gasteiger partial charge is 0.384 e. The van der Waals surface area contributed by atoms with Crippen LogP contribution < -0.4 is 4.90 Å². The minimum absolute atomic E-state index is 0.420. The van der Waals surface area contributed by atoms with E-state index in [4.69, 9.17) is 11.2 Å². The summed E-state index contributed by atoms with van der Waals surface area (Å²) in [4.78, 5) is 2.30. The molecule has 3 rings (SSSR count). The van der Waals surface area contributed by atoms with Gasteiger partial charge in [-0.25, -0.2) is 4.68 Å². The summed E-state index contributed by atoms with van der Waals surface area (Å²) in [5.41, 5.74) is 0. The Kier molecular flexibility index (Phi) is 4.39. The number of aromatic nitrogens is 4. The van der Waals surface area contributed by atoms with Crippen molar-refractivity contribution in [2.24, 2.45) is 11.8 Å². The first-order valence-corrected chi connectivity index (χ1v) is 7.77. The Bertz CT molecular complexity index is 502. The highest BCUT2D eigenvalue weighted by Gasteiger charge is 2.34. The van der Waals surface area contributed by atoms with E-state index < -0.39 is 0 Å². The van der Waals surface area contributed by atoms with Gasteiger partial charge >= 0.3 is 0 Å². The number of rotatable bonds is 5. The molecule has 0 radical (unpaired) electrons. The first kappa shape index (κ1) is 14.3. The van der Waals surface area contributed by atoms with Crippen molar-refractivity contribution in [1.82, 2.24) is 20.2 Å². The van der Waals surface area contributed by atoms with E-state index >= 15 is 0 Å². The Balaban J connectivity index is 1.64. The van der Waals surface area contributed by atoms with Gasteiger partial charge in [-0.1, -0.05) is 5.10 Å². The number of terminal acetylenes is 1. The fourth-order valence-corrected chi connectivity index (χ4v) is 3.49. The van der Waals surface area contributed by atoms with Gasteiger partial charge in [-0.3, -0.25) is 0 Å². The molecule has 0 bridgehead atoms. The first-order chi connectivity index (χ1) is 10.3. The third-order valence-corrected chi connectivity index (χ3v) is 4.64. The van der Waals surface area contributed by atoms with E-state index in [1.54, 1.807) is 7.11 Å². The van der Waals surface area contributed by atoms with Crippen LogP contribution in [0.15, 0.2) is 0 Å². The van der Waals surface area contributed by atoms with Crippen LogP contribution in [-0.2, 0) is 4.74 Å². The Morgan fingerprint density at radius 2 is 2.24 bits per heavy atom. The van der Waals surface area contributed by atoms with Gasteiger partial charge in [0.1, 0.15) is 0 Å². The van der Waals surface area contributed by atoms with E-state index in [-0.39, 0.29) is 0 Å². The molecular formula is C15H23N5O. The zero-order valence-electron chi connectivity index (χ0n) is 12.6. The van der Waals surface area contributed by atoms with Crippen molar-refractivity contribution in [1.29, 1.82) is 0 Å². The van der Waals surface area contributed by atoms with Gasteiger partial charge in [0, 0.05) is 33.2 Å². The van der Waals surface area contributed by atoms with E-state index in [0.717, 1.165) is 51.3 Å². The number of hydrogen-bond donors (Lipinski definition) is 0. The molecule has 1 saturated heterocycles. The fourth-order valence-electron chi connectivity index (χ4n) is 3.49. The van der Waals surface area contributed by atoms with Gasteiger partial charge in [-0.05, 0) is 47.9 Å². The van der Waals surface area contributed by atoms with Gasteiger partial charge in [-0.15, -0.1) is 12.3 Å². The highest BCUT2D eigenvalue weighted by atomic mass is 16.5. The van der Waals surface area contributed by atoms with Crippen LogP contribution in [0.3, 0.4) is 0 Å². The molecule has 1 aliphatic carbocycles. The van der Waals surface area contributed by atoms with Gasteiger partial charge in [0.05, 0.1) is 6.04 Å². The van der Waals surface area contributed by atoms with Crippen molar-refractivity contribution in [3.63, 3.8) is 0 Å². The molecule has 2 fully saturated rings. The molecule has 1 aliphatic heterocycles. The predicted molar refractivity (Wildman–Crippen MR) is 79.8 cm³/mol. The summed E-state index contributed by atoms with van der Waals surface area (Å²) in [5.74, 6) is 4.91. The third kappa shape index (κ3) is 3.03. The van der Waals surface area contributed by atoms with E-state index in [2.05, 4.69) is 26.3 Å². The molecule has 6 nitrogen and oxygen atoms in total. The number of piperidine rings is 1. The fraction of sp³-hybridized carbons (Fsp3) is 0.800. The molecule has 21 heavy (non-hydrogen) atoms. The maximum atomic E-state index is 5.45. The summed E-state index contributed by atoms with van der Waals surface area (Å²) in [7, 11) is 1.76. The van der Waals surface area contributed by atoms with Crippen LogP contribution in [-0.4, -0.2) is 47.0 Å². The number of tetrazole rings is 1. The van der Waals surface area contributed by atoms with E-state index in [0.29, 0.717) is 17.9 Å². The van der Waals surface area contributed by atoms with Crippen molar-refractivity contribution >= 4 is 5.95 Å². The number of nitrogens with zero attached hydrogens (tertiary/aromatic N) is 5. The summed E-state index contributed by atoms with van der Waals surface area (Å²) in [5, 5.41) is 12.4. The lowest BCUT2D eigenvalue weighted by Crippen LogP contribution is -2.39. The molecule has 1 atom stereocenters. The highest BCUT2D eigenvalue weighted by Crippen LogP contribution is 2.39.